The maximum atomic E-state index is 5.32. The minimum Gasteiger partial charge on any atom is -0.440 e. The Morgan fingerprint density at radius 2 is 2.16 bits per heavy atom. The average molecular weight is 276 g/mol. The largest absolute Gasteiger partial charge is 0.440 e. The molecule has 1 N–H and O–H groups in total. The number of nitrogens with zero attached hydrogens (tertiary/aromatic N) is 1. The Morgan fingerprint density at radius 3 is 2.84 bits per heavy atom. The van der Waals surface area contributed by atoms with E-state index in [4.69, 9.17) is 4.42 Å². The van der Waals surface area contributed by atoms with E-state index in [9.17, 15) is 0 Å². The van der Waals surface area contributed by atoms with E-state index < -0.39 is 0 Å². The fourth-order valence-electron chi connectivity index (χ4n) is 2.01. The summed E-state index contributed by atoms with van der Waals surface area (Å²) in [4.78, 5) is 5.38. The van der Waals surface area contributed by atoms with Crippen LogP contribution in [-0.4, -0.2) is 11.5 Å². The van der Waals surface area contributed by atoms with Crippen LogP contribution < -0.4 is 5.32 Å². The minimum atomic E-state index is 0.388. The van der Waals surface area contributed by atoms with Crippen LogP contribution in [0.25, 0.3) is 0 Å². The van der Waals surface area contributed by atoms with E-state index in [1.165, 1.54) is 10.5 Å². The van der Waals surface area contributed by atoms with Gasteiger partial charge in [0.1, 0.15) is 6.26 Å². The molecule has 2 aromatic rings. The van der Waals surface area contributed by atoms with Gasteiger partial charge in [-0.25, -0.2) is 4.98 Å². The zero-order chi connectivity index (χ0) is 13.5. The van der Waals surface area contributed by atoms with Gasteiger partial charge in [0.25, 0.3) is 5.22 Å². The van der Waals surface area contributed by atoms with Crippen LogP contribution in [0.1, 0.15) is 38.3 Å². The lowest BCUT2D eigenvalue weighted by Gasteiger charge is -2.19. The molecule has 0 radical (unpaired) electrons. The molecule has 0 saturated heterocycles. The van der Waals surface area contributed by atoms with Crippen molar-refractivity contribution in [2.45, 2.75) is 42.8 Å². The molecule has 0 aliphatic rings. The van der Waals surface area contributed by atoms with Crippen LogP contribution >= 0.6 is 11.8 Å². The topological polar surface area (TPSA) is 38.1 Å². The third-order valence-corrected chi connectivity index (χ3v) is 3.92. The second-order valence-corrected chi connectivity index (χ2v) is 5.35. The van der Waals surface area contributed by atoms with Gasteiger partial charge in [-0.2, -0.15) is 0 Å². The number of hydrogen-bond acceptors (Lipinski definition) is 4. The molecule has 0 amide bonds. The SMILES string of the molecule is CCCNC(CC)c1ccccc1Sc1ncco1. The molecule has 102 valence electrons. The summed E-state index contributed by atoms with van der Waals surface area (Å²) in [6, 6.07) is 8.84. The van der Waals surface area contributed by atoms with E-state index in [0.29, 0.717) is 11.3 Å². The van der Waals surface area contributed by atoms with Gasteiger partial charge in [0.15, 0.2) is 0 Å². The zero-order valence-corrected chi connectivity index (χ0v) is 12.2. The summed E-state index contributed by atoms with van der Waals surface area (Å²) < 4.78 is 5.32. The first-order valence-corrected chi connectivity index (χ1v) is 7.56. The van der Waals surface area contributed by atoms with Crippen LogP contribution in [-0.2, 0) is 0 Å². The number of hydrogen-bond donors (Lipinski definition) is 1. The fourth-order valence-corrected chi connectivity index (χ4v) is 2.89. The van der Waals surface area contributed by atoms with E-state index in [0.717, 1.165) is 19.4 Å². The minimum absolute atomic E-state index is 0.388. The van der Waals surface area contributed by atoms with Crippen molar-refractivity contribution in [3.05, 3.63) is 42.3 Å². The first-order valence-electron chi connectivity index (χ1n) is 6.74. The molecule has 1 atom stereocenters. The van der Waals surface area contributed by atoms with Gasteiger partial charge in [-0.3, -0.25) is 0 Å². The first-order chi connectivity index (χ1) is 9.35. The zero-order valence-electron chi connectivity index (χ0n) is 11.4. The van der Waals surface area contributed by atoms with Gasteiger partial charge in [0.2, 0.25) is 0 Å². The normalized spacial score (nSPS) is 12.5. The first kappa shape index (κ1) is 14.2. The summed E-state index contributed by atoms with van der Waals surface area (Å²) in [6.45, 7) is 5.43. The summed E-state index contributed by atoms with van der Waals surface area (Å²) in [6.07, 6.45) is 5.50. The molecule has 0 saturated carbocycles. The van der Waals surface area contributed by atoms with Gasteiger partial charge >= 0.3 is 0 Å². The highest BCUT2D eigenvalue weighted by Gasteiger charge is 2.14. The highest BCUT2D eigenvalue weighted by Crippen LogP contribution is 2.33. The van der Waals surface area contributed by atoms with Gasteiger partial charge in [-0.15, -0.1) is 0 Å². The van der Waals surface area contributed by atoms with Gasteiger partial charge in [-0.1, -0.05) is 32.0 Å². The molecule has 2 rings (SSSR count). The Kier molecular flexibility index (Phi) is 5.48. The van der Waals surface area contributed by atoms with E-state index >= 15 is 0 Å². The Hall–Kier alpha value is -1.26. The number of rotatable bonds is 7. The van der Waals surface area contributed by atoms with Crippen LogP contribution in [0.3, 0.4) is 0 Å². The van der Waals surface area contributed by atoms with E-state index in [1.807, 2.05) is 0 Å². The molecule has 1 heterocycles. The standard InChI is InChI=1S/C15H20N2OS/c1-3-9-16-13(4-2)12-7-5-6-8-14(12)19-15-17-10-11-18-15/h5-8,10-11,13,16H,3-4,9H2,1-2H3. The summed E-state index contributed by atoms with van der Waals surface area (Å²) in [7, 11) is 0. The Morgan fingerprint density at radius 1 is 1.32 bits per heavy atom. The fraction of sp³-hybridized carbons (Fsp3) is 0.400. The quantitative estimate of drug-likeness (QED) is 0.819. The molecule has 1 aromatic heterocycles. The van der Waals surface area contributed by atoms with Crippen molar-refractivity contribution in [2.24, 2.45) is 0 Å². The molecule has 0 fully saturated rings. The van der Waals surface area contributed by atoms with Crippen LogP contribution in [0.5, 0.6) is 0 Å². The maximum absolute atomic E-state index is 5.32. The molecule has 0 bridgehead atoms. The van der Waals surface area contributed by atoms with E-state index in [-0.39, 0.29) is 0 Å². The number of oxazole rings is 1. The van der Waals surface area contributed by atoms with Crippen LogP contribution in [0.4, 0.5) is 0 Å². The van der Waals surface area contributed by atoms with Crippen molar-refractivity contribution in [2.75, 3.05) is 6.54 Å². The second-order valence-electron chi connectivity index (χ2n) is 4.35. The molecule has 19 heavy (non-hydrogen) atoms. The lowest BCUT2D eigenvalue weighted by atomic mass is 10.0. The summed E-state index contributed by atoms with van der Waals surface area (Å²) in [5, 5.41) is 4.28. The van der Waals surface area contributed by atoms with Crippen LogP contribution in [0.2, 0.25) is 0 Å². The molecule has 0 aliphatic heterocycles. The van der Waals surface area contributed by atoms with Crippen molar-refractivity contribution in [3.63, 3.8) is 0 Å². The van der Waals surface area contributed by atoms with E-state index in [2.05, 4.69) is 48.4 Å². The van der Waals surface area contributed by atoms with Gasteiger partial charge in [0.05, 0.1) is 6.20 Å². The monoisotopic (exact) mass is 276 g/mol. The maximum Gasteiger partial charge on any atom is 0.260 e. The van der Waals surface area contributed by atoms with Crippen LogP contribution in [0, 0.1) is 0 Å². The summed E-state index contributed by atoms with van der Waals surface area (Å²) in [5.74, 6) is 0. The molecule has 0 spiro atoms. The summed E-state index contributed by atoms with van der Waals surface area (Å²) in [5.41, 5.74) is 1.32. The van der Waals surface area contributed by atoms with Crippen molar-refractivity contribution >= 4 is 11.8 Å². The van der Waals surface area contributed by atoms with Gasteiger partial charge in [-0.05, 0) is 42.8 Å². The molecular formula is C15H20N2OS. The molecular weight excluding hydrogens is 256 g/mol. The number of benzene rings is 1. The second kappa shape index (κ2) is 7.36. The highest BCUT2D eigenvalue weighted by molar-refractivity contribution is 7.99. The Balaban J connectivity index is 2.19. The smallest absolute Gasteiger partial charge is 0.260 e. The molecule has 4 heteroatoms. The molecule has 1 unspecified atom stereocenters. The van der Waals surface area contributed by atoms with Crippen LogP contribution in [0.15, 0.2) is 51.3 Å². The third kappa shape index (κ3) is 3.85. The van der Waals surface area contributed by atoms with Crippen molar-refractivity contribution in [3.8, 4) is 0 Å². The Labute approximate surface area is 118 Å². The lowest BCUT2D eigenvalue weighted by Crippen LogP contribution is -2.21. The van der Waals surface area contributed by atoms with Crippen molar-refractivity contribution in [1.29, 1.82) is 0 Å². The molecule has 3 nitrogen and oxygen atoms in total. The number of nitrogens with one attached hydrogen (secondary N) is 1. The van der Waals surface area contributed by atoms with Crippen molar-refractivity contribution < 1.29 is 4.42 Å². The molecule has 1 aromatic carbocycles. The van der Waals surface area contributed by atoms with Gasteiger partial charge < -0.3 is 9.73 Å². The summed E-state index contributed by atoms with van der Waals surface area (Å²) >= 11 is 1.58. The third-order valence-electron chi connectivity index (χ3n) is 2.95. The molecule has 0 aliphatic carbocycles. The van der Waals surface area contributed by atoms with E-state index in [1.54, 1.807) is 24.2 Å². The predicted octanol–water partition coefficient (Wildman–Crippen LogP) is 4.28. The predicted molar refractivity (Wildman–Crippen MR) is 78.4 cm³/mol. The van der Waals surface area contributed by atoms with Crippen molar-refractivity contribution in [1.82, 2.24) is 10.3 Å². The average Bonchev–Trinajstić information content (AvgIpc) is 2.94. The Bertz CT molecular complexity index is 485. The highest BCUT2D eigenvalue weighted by atomic mass is 32.2. The number of aromatic nitrogens is 1. The van der Waals surface area contributed by atoms with Gasteiger partial charge in [0, 0.05) is 10.9 Å². The lowest BCUT2D eigenvalue weighted by molar-refractivity contribution is 0.453.